The number of rotatable bonds is 9. The molecule has 31 heavy (non-hydrogen) atoms. The van der Waals surface area contributed by atoms with Crippen LogP contribution in [0.25, 0.3) is 10.8 Å². The highest BCUT2D eigenvalue weighted by molar-refractivity contribution is 5.89. The summed E-state index contributed by atoms with van der Waals surface area (Å²) in [6.07, 6.45) is 3.98. The van der Waals surface area contributed by atoms with Crippen LogP contribution in [0, 0.1) is 0 Å². The number of aromatic nitrogens is 2. The number of fused-ring (bicyclic) bond motifs is 1. The maximum Gasteiger partial charge on any atom is 0.334 e. The number of carbonyl (C=O) groups excluding carboxylic acids is 1. The molecular formula is C22H25N5O4. The summed E-state index contributed by atoms with van der Waals surface area (Å²) in [7, 11) is 0. The molecule has 1 amide bonds. The van der Waals surface area contributed by atoms with Gasteiger partial charge in [-0.2, -0.15) is 0 Å². The molecule has 162 valence electrons. The van der Waals surface area contributed by atoms with E-state index < -0.39 is 18.1 Å². The van der Waals surface area contributed by atoms with Crippen molar-refractivity contribution in [2.24, 2.45) is 10.7 Å². The number of nitrogens with zero attached hydrogens (tertiary/aromatic N) is 3. The Bertz CT molecular complexity index is 1090. The third-order valence-electron chi connectivity index (χ3n) is 5.14. The number of hydrogen-bond donors (Lipinski definition) is 4. The van der Waals surface area contributed by atoms with Gasteiger partial charge < -0.3 is 20.5 Å². The van der Waals surface area contributed by atoms with Crippen molar-refractivity contribution in [1.82, 2.24) is 14.9 Å². The topological polar surface area (TPSA) is 143 Å². The van der Waals surface area contributed by atoms with Gasteiger partial charge in [0.05, 0.1) is 24.2 Å². The summed E-state index contributed by atoms with van der Waals surface area (Å²) in [4.78, 5) is 30.0. The van der Waals surface area contributed by atoms with Gasteiger partial charge in [0.15, 0.2) is 12.0 Å². The maximum atomic E-state index is 11.6. The fraction of sp³-hybridized carbons (Fsp3) is 0.273. The Hall–Kier alpha value is -3.72. The first-order valence-corrected chi connectivity index (χ1v) is 9.85. The molecule has 2 aromatic carbocycles. The third-order valence-corrected chi connectivity index (χ3v) is 5.14. The lowest BCUT2D eigenvalue weighted by atomic mass is 9.97. The van der Waals surface area contributed by atoms with E-state index in [1.807, 2.05) is 18.2 Å². The molecule has 9 nitrogen and oxygen atoms in total. The number of carboxylic acid groups (broad SMARTS) is 1. The molecule has 0 aliphatic heterocycles. The van der Waals surface area contributed by atoms with Crippen LogP contribution in [-0.2, 0) is 16.0 Å². The number of guanidine groups is 1. The third kappa shape index (κ3) is 5.26. The number of hydrogen-bond acceptors (Lipinski definition) is 5. The maximum absolute atomic E-state index is 11.6. The minimum Gasteiger partial charge on any atom is -0.479 e. The molecule has 0 fully saturated rings. The van der Waals surface area contributed by atoms with Crippen molar-refractivity contribution in [3.05, 3.63) is 66.2 Å². The molecule has 5 N–H and O–H groups in total. The number of aryl methyl sites for hydroxylation is 1. The van der Waals surface area contributed by atoms with Crippen LogP contribution in [0.4, 0.5) is 0 Å². The highest BCUT2D eigenvalue weighted by atomic mass is 16.4. The Balaban J connectivity index is 1.82. The number of benzene rings is 2. The predicted octanol–water partition coefficient (Wildman–Crippen LogP) is 1.78. The van der Waals surface area contributed by atoms with Crippen LogP contribution in [0.5, 0.6) is 0 Å². The quantitative estimate of drug-likeness (QED) is 0.235. The number of nitrogens with one attached hydrogen (secondary N) is 1. The van der Waals surface area contributed by atoms with Gasteiger partial charge in [0.25, 0.3) is 0 Å². The van der Waals surface area contributed by atoms with Gasteiger partial charge in [0.2, 0.25) is 6.41 Å². The van der Waals surface area contributed by atoms with Gasteiger partial charge >= 0.3 is 5.97 Å². The summed E-state index contributed by atoms with van der Waals surface area (Å²) in [6, 6.07) is 12.6. The minimum atomic E-state index is -1.37. The number of imidazole rings is 1. The molecule has 0 saturated heterocycles. The van der Waals surface area contributed by atoms with Gasteiger partial charge in [0, 0.05) is 6.20 Å². The lowest BCUT2D eigenvalue weighted by Crippen LogP contribution is -2.31. The highest BCUT2D eigenvalue weighted by Gasteiger charge is 2.25. The van der Waals surface area contributed by atoms with Crippen molar-refractivity contribution >= 4 is 29.1 Å². The molecule has 1 aromatic heterocycles. The fourth-order valence-corrected chi connectivity index (χ4v) is 3.61. The van der Waals surface area contributed by atoms with Gasteiger partial charge in [-0.05, 0) is 36.1 Å². The molecule has 3 atom stereocenters. The number of aliphatic hydroxyl groups is 1. The van der Waals surface area contributed by atoms with Crippen molar-refractivity contribution in [2.75, 3.05) is 0 Å². The molecule has 3 aromatic rings. The number of carbonyl (C=O) groups is 2. The van der Waals surface area contributed by atoms with Crippen LogP contribution in [-0.4, -0.2) is 44.2 Å². The molecule has 0 saturated carbocycles. The van der Waals surface area contributed by atoms with Gasteiger partial charge in [-0.1, -0.05) is 42.5 Å². The molecule has 3 rings (SSSR count). The summed E-state index contributed by atoms with van der Waals surface area (Å²) in [5.41, 5.74) is 6.83. The average Bonchev–Trinajstić information content (AvgIpc) is 3.21. The van der Waals surface area contributed by atoms with Gasteiger partial charge in [-0.15, -0.1) is 0 Å². The average molecular weight is 423 g/mol. The highest BCUT2D eigenvalue weighted by Crippen LogP contribution is 2.26. The van der Waals surface area contributed by atoms with E-state index in [1.165, 1.54) is 23.5 Å². The molecule has 0 aliphatic rings. The van der Waals surface area contributed by atoms with Crippen LogP contribution < -0.4 is 11.1 Å². The molecule has 1 heterocycles. The Labute approximate surface area is 179 Å². The van der Waals surface area contributed by atoms with Crippen LogP contribution >= 0.6 is 0 Å². The largest absolute Gasteiger partial charge is 0.479 e. The predicted molar refractivity (Wildman–Crippen MR) is 116 cm³/mol. The van der Waals surface area contributed by atoms with Crippen LogP contribution in [0.3, 0.4) is 0 Å². The number of amides is 1. The van der Waals surface area contributed by atoms with Crippen molar-refractivity contribution in [3.63, 3.8) is 0 Å². The Morgan fingerprint density at radius 1 is 1.29 bits per heavy atom. The van der Waals surface area contributed by atoms with E-state index >= 15 is 0 Å². The van der Waals surface area contributed by atoms with Crippen LogP contribution in [0.2, 0.25) is 0 Å². The first-order valence-electron chi connectivity index (χ1n) is 9.85. The minimum absolute atomic E-state index is 0.152. The van der Waals surface area contributed by atoms with Crippen LogP contribution in [0.1, 0.15) is 36.7 Å². The summed E-state index contributed by atoms with van der Waals surface area (Å²) in [5.74, 6) is -1.58. The molecular weight excluding hydrogens is 398 g/mol. The number of nitrogens with two attached hydrogens (primary N) is 1. The summed E-state index contributed by atoms with van der Waals surface area (Å²) in [5, 5.41) is 24.3. The monoisotopic (exact) mass is 423 g/mol. The number of aliphatic carboxylic acids is 1. The van der Waals surface area contributed by atoms with Crippen molar-refractivity contribution in [3.8, 4) is 0 Å². The number of aliphatic imine (C=N–C) groups is 1. The van der Waals surface area contributed by atoms with Gasteiger partial charge in [-0.25, -0.2) is 14.8 Å². The molecule has 0 bridgehead atoms. The Morgan fingerprint density at radius 2 is 2.03 bits per heavy atom. The summed E-state index contributed by atoms with van der Waals surface area (Å²) < 4.78 is 1.69. The molecule has 0 radical (unpaired) electrons. The Kier molecular flexibility index (Phi) is 6.99. The first kappa shape index (κ1) is 22.0. The zero-order valence-electron chi connectivity index (χ0n) is 17.0. The molecule has 0 spiro atoms. The molecule has 3 unspecified atom stereocenters. The van der Waals surface area contributed by atoms with Crippen molar-refractivity contribution in [2.45, 2.75) is 38.0 Å². The Morgan fingerprint density at radius 3 is 2.74 bits per heavy atom. The van der Waals surface area contributed by atoms with E-state index in [9.17, 15) is 19.8 Å². The van der Waals surface area contributed by atoms with E-state index in [0.29, 0.717) is 12.8 Å². The molecule has 0 aliphatic carbocycles. The summed E-state index contributed by atoms with van der Waals surface area (Å²) >= 11 is 0. The lowest BCUT2D eigenvalue weighted by Gasteiger charge is -2.22. The van der Waals surface area contributed by atoms with Crippen molar-refractivity contribution in [1.29, 1.82) is 0 Å². The normalized spacial score (nSPS) is 14.7. The van der Waals surface area contributed by atoms with Crippen LogP contribution in [0.15, 0.2) is 60.0 Å². The standard InChI is InChI=1S/C22H25N5O4/c1-14(29)19(10-9-16-7-4-6-15-5-2-3-8-17(15)16)27-11-18(24-12-27)20(21(30)31)26-22(23)25-13-28/h2-8,11-14,19-20,29H,9-10H2,1H3,(H,30,31)(H3,23,25,26,28). The van der Waals surface area contributed by atoms with Crippen molar-refractivity contribution < 1.29 is 19.8 Å². The van der Waals surface area contributed by atoms with E-state index in [0.717, 1.165) is 11.8 Å². The smallest absolute Gasteiger partial charge is 0.334 e. The van der Waals surface area contributed by atoms with E-state index in [-0.39, 0.29) is 17.7 Å². The van der Waals surface area contributed by atoms with Gasteiger partial charge in [0.1, 0.15) is 0 Å². The second-order valence-corrected chi connectivity index (χ2v) is 7.25. The SMILES string of the molecule is CC(O)C(CCc1cccc2ccccc12)n1cnc(C(N=C(N)NC=O)C(=O)O)c1. The zero-order chi connectivity index (χ0) is 22.4. The second kappa shape index (κ2) is 9.86. The number of carboxylic acids is 1. The second-order valence-electron chi connectivity index (χ2n) is 7.25. The van der Waals surface area contributed by atoms with E-state index in [1.54, 1.807) is 11.5 Å². The van der Waals surface area contributed by atoms with E-state index in [2.05, 4.69) is 39.6 Å². The van der Waals surface area contributed by atoms with E-state index in [4.69, 9.17) is 5.73 Å². The number of aliphatic hydroxyl groups excluding tert-OH is 1. The fourth-order valence-electron chi connectivity index (χ4n) is 3.61. The zero-order valence-corrected chi connectivity index (χ0v) is 17.0. The molecule has 9 heteroatoms. The van der Waals surface area contributed by atoms with Gasteiger partial charge in [-0.3, -0.25) is 10.1 Å². The lowest BCUT2D eigenvalue weighted by molar-refractivity contribution is -0.138. The first-order chi connectivity index (χ1) is 14.9. The summed E-state index contributed by atoms with van der Waals surface area (Å²) in [6.45, 7) is 1.69.